The summed E-state index contributed by atoms with van der Waals surface area (Å²) in [6.07, 6.45) is -24.2. The number of imide groups is 2. The minimum absolute atomic E-state index is 0.0633. The van der Waals surface area contributed by atoms with Gasteiger partial charge in [-0.1, -0.05) is 13.8 Å². The summed E-state index contributed by atoms with van der Waals surface area (Å²) in [5.74, 6) is -18.0. The molecule has 1 N–H and O–H groups in total. The Morgan fingerprint density at radius 2 is 1.08 bits per heavy atom. The van der Waals surface area contributed by atoms with Crippen LogP contribution < -0.4 is 5.32 Å². The minimum Gasteiger partial charge on any atom is -0.463 e. The molecule has 3 heterocycles. The van der Waals surface area contributed by atoms with Gasteiger partial charge in [0.15, 0.2) is 36.8 Å². The van der Waals surface area contributed by atoms with Crippen LogP contribution in [0.3, 0.4) is 0 Å². The third-order valence-electron chi connectivity index (χ3n) is 11.1. The molecule has 0 aromatic rings. The lowest BCUT2D eigenvalue weighted by molar-refractivity contribution is -0.346. The van der Waals surface area contributed by atoms with Crippen molar-refractivity contribution < 1.29 is 128 Å². The molecule has 0 radical (unpaired) electrons. The largest absolute Gasteiger partial charge is 0.471 e. The van der Waals surface area contributed by atoms with Crippen molar-refractivity contribution in [1.29, 1.82) is 0 Å². The maximum atomic E-state index is 14.4. The molecule has 0 aromatic heterocycles. The molecule has 0 unspecified atom stereocenters. The average Bonchev–Trinajstić information content (AvgIpc) is 3.80. The summed E-state index contributed by atoms with van der Waals surface area (Å²) >= 11 is 0. The number of hydrogen-bond donors (Lipinski definition) is 1. The Bertz CT molecular complexity index is 2290. The molecule has 438 valence electrons. The molecular formula is C47H65F3N4O24. The number of likely N-dealkylation sites (tertiary alicyclic amines) is 1. The van der Waals surface area contributed by atoms with E-state index in [-0.39, 0.29) is 24.3 Å². The van der Waals surface area contributed by atoms with E-state index >= 15 is 0 Å². The number of nitrogens with one attached hydrogen (secondary N) is 1. The van der Waals surface area contributed by atoms with Gasteiger partial charge in [-0.15, -0.1) is 0 Å². The zero-order valence-electron chi connectivity index (χ0n) is 44.9. The quantitative estimate of drug-likeness (QED) is 0.118. The summed E-state index contributed by atoms with van der Waals surface area (Å²) < 4.78 is 103. The minimum atomic E-state index is -5.72. The third kappa shape index (κ3) is 19.2. The Morgan fingerprint density at radius 3 is 1.55 bits per heavy atom. The molecule has 0 saturated carbocycles. The molecule has 11 atom stereocenters. The zero-order valence-corrected chi connectivity index (χ0v) is 44.9. The molecule has 3 aliphatic rings. The van der Waals surface area contributed by atoms with Crippen LogP contribution >= 0.6 is 0 Å². The molecule has 0 aliphatic carbocycles. The predicted octanol–water partition coefficient (Wildman–Crippen LogP) is -0.543. The van der Waals surface area contributed by atoms with Crippen LogP contribution in [0.5, 0.6) is 0 Å². The van der Waals surface area contributed by atoms with E-state index in [1.165, 1.54) is 0 Å². The summed E-state index contributed by atoms with van der Waals surface area (Å²) in [4.78, 5) is 169. The Balaban J connectivity index is 2.20. The average molecular weight is 1130 g/mol. The van der Waals surface area contributed by atoms with Gasteiger partial charge in [0.2, 0.25) is 23.6 Å². The first-order valence-electron chi connectivity index (χ1n) is 24.1. The summed E-state index contributed by atoms with van der Waals surface area (Å²) in [7, 11) is 0. The molecule has 0 bridgehead atoms. The first-order valence-corrected chi connectivity index (χ1v) is 24.1. The fourth-order valence-corrected chi connectivity index (χ4v) is 8.12. The van der Waals surface area contributed by atoms with Crippen LogP contribution in [0.15, 0.2) is 0 Å². The van der Waals surface area contributed by atoms with Crippen molar-refractivity contribution in [2.75, 3.05) is 39.4 Å². The normalized spacial score (nSPS) is 25.1. The van der Waals surface area contributed by atoms with Crippen molar-refractivity contribution in [3.05, 3.63) is 0 Å². The number of carbonyl (C=O) groups excluding carboxylic acids is 13. The maximum Gasteiger partial charge on any atom is 0.471 e. The van der Waals surface area contributed by atoms with Gasteiger partial charge in [-0.3, -0.25) is 72.7 Å². The van der Waals surface area contributed by atoms with E-state index in [0.717, 1.165) is 67.2 Å². The van der Waals surface area contributed by atoms with E-state index in [4.69, 9.17) is 52.1 Å². The van der Waals surface area contributed by atoms with Gasteiger partial charge in [0.05, 0.1) is 6.54 Å². The summed E-state index contributed by atoms with van der Waals surface area (Å²) in [6, 6.07) is -1.25. The highest BCUT2D eigenvalue weighted by Gasteiger charge is 2.58. The topological polar surface area (TPSA) is 345 Å². The summed E-state index contributed by atoms with van der Waals surface area (Å²) in [5.41, 5.74) is -1.03. The summed E-state index contributed by atoms with van der Waals surface area (Å²) in [6.45, 7) is 7.41. The van der Waals surface area contributed by atoms with Gasteiger partial charge in [0.1, 0.15) is 62.5 Å². The highest BCUT2D eigenvalue weighted by atomic mass is 19.4. The Labute approximate surface area is 444 Å². The van der Waals surface area contributed by atoms with Crippen LogP contribution in [0.25, 0.3) is 0 Å². The third-order valence-corrected chi connectivity index (χ3v) is 11.1. The lowest BCUT2D eigenvalue weighted by atomic mass is 9.95. The second-order valence-corrected chi connectivity index (χ2v) is 19.1. The van der Waals surface area contributed by atoms with Gasteiger partial charge in [-0.25, -0.2) is 4.79 Å². The fourth-order valence-electron chi connectivity index (χ4n) is 8.12. The monoisotopic (exact) mass is 1130 g/mol. The number of amides is 5. The fraction of sp³-hybridized carbons (Fsp3) is 0.723. The van der Waals surface area contributed by atoms with Crippen LogP contribution in [-0.2, 0) is 114 Å². The van der Waals surface area contributed by atoms with Crippen LogP contribution in [0, 0.1) is 5.92 Å². The molecule has 5 amide bonds. The Morgan fingerprint density at radius 1 is 0.603 bits per heavy atom. The van der Waals surface area contributed by atoms with Crippen LogP contribution in [0.4, 0.5) is 13.2 Å². The number of ether oxygens (including phenoxy) is 11. The lowest BCUT2D eigenvalue weighted by Crippen LogP contribution is -2.69. The second kappa shape index (κ2) is 28.1. The van der Waals surface area contributed by atoms with Crippen LogP contribution in [-0.4, -0.2) is 211 Å². The predicted molar refractivity (Wildman–Crippen MR) is 246 cm³/mol. The van der Waals surface area contributed by atoms with Crippen LogP contribution in [0.1, 0.15) is 95.9 Å². The van der Waals surface area contributed by atoms with Crippen molar-refractivity contribution in [2.45, 2.75) is 175 Å². The lowest BCUT2D eigenvalue weighted by Gasteiger charge is -2.49. The Kier molecular flexibility index (Phi) is 23.6. The highest BCUT2D eigenvalue weighted by Crippen LogP contribution is 2.35. The van der Waals surface area contributed by atoms with Gasteiger partial charge in [-0.05, 0) is 33.6 Å². The van der Waals surface area contributed by atoms with Crippen LogP contribution in [0.2, 0.25) is 0 Å². The van der Waals surface area contributed by atoms with Gasteiger partial charge in [-0.2, -0.15) is 13.2 Å². The number of carbonyl (C=O) groups is 13. The van der Waals surface area contributed by atoms with Crippen molar-refractivity contribution in [1.82, 2.24) is 20.0 Å². The standard InChI is InChI=1S/C47H65F3N4O24/c1-21(2)42(65)54(45(67)47(48,49)50)18-34(64)53(17-33(63)52-15-13-14-29(52)43(66)78-46(10,11)12)32(62)16-51-41-39(73-27(8)60)37(71-25(6)58)36(30(75-41)19-68-22(3)55)77-44-40(74-28(9)61)38(72-26(7)59)35(70-24(5)57)31(76-44)20-69-23(4)56/h21,29-31,35-41,44,51H,13-20H2,1-12H3/t29-,30+,31+,35+,36+,37-,38-,39+,40+,41+,44-/m0/s1. The molecule has 3 aliphatic heterocycles. The number of alkyl halides is 3. The van der Waals surface area contributed by atoms with E-state index < -0.39 is 200 Å². The van der Waals surface area contributed by atoms with Gasteiger partial charge >= 0.3 is 59.8 Å². The van der Waals surface area contributed by atoms with E-state index in [2.05, 4.69) is 5.32 Å². The first-order chi connectivity index (χ1) is 36.0. The Hall–Kier alpha value is -6.86. The van der Waals surface area contributed by atoms with Crippen molar-refractivity contribution in [3.8, 4) is 0 Å². The van der Waals surface area contributed by atoms with Gasteiger partial charge < -0.3 is 57.0 Å². The number of nitrogens with zero attached hydrogens (tertiary/aromatic N) is 3. The number of halogens is 3. The number of hydrogen-bond acceptors (Lipinski definition) is 25. The van der Waals surface area contributed by atoms with E-state index in [1.807, 2.05) is 0 Å². The molecule has 3 saturated heterocycles. The van der Waals surface area contributed by atoms with Gasteiger partial charge in [0, 0.05) is 60.9 Å². The molecule has 0 spiro atoms. The molecule has 3 rings (SSSR count). The molecule has 3 fully saturated rings. The highest BCUT2D eigenvalue weighted by molar-refractivity contribution is 6.06. The van der Waals surface area contributed by atoms with Crippen molar-refractivity contribution in [3.63, 3.8) is 0 Å². The molecule has 78 heavy (non-hydrogen) atoms. The second-order valence-electron chi connectivity index (χ2n) is 19.1. The molecule has 28 nitrogen and oxygen atoms in total. The zero-order chi connectivity index (χ0) is 59.3. The van der Waals surface area contributed by atoms with E-state index in [9.17, 15) is 75.5 Å². The van der Waals surface area contributed by atoms with E-state index in [1.54, 1.807) is 20.8 Å². The molecular weight excluding hydrogens is 1060 g/mol. The first kappa shape index (κ1) is 65.4. The number of rotatable bonds is 20. The van der Waals surface area contributed by atoms with E-state index in [0.29, 0.717) is 0 Å². The van der Waals surface area contributed by atoms with Gasteiger partial charge in [0.25, 0.3) is 0 Å². The molecule has 31 heteroatoms. The van der Waals surface area contributed by atoms with Crippen molar-refractivity contribution in [2.24, 2.45) is 5.92 Å². The van der Waals surface area contributed by atoms with Crippen molar-refractivity contribution >= 4 is 77.3 Å². The maximum absolute atomic E-state index is 14.4. The smallest absolute Gasteiger partial charge is 0.463 e. The molecule has 0 aromatic carbocycles. The SMILES string of the molecule is CC(=O)OC[C@H]1O[C@@H](NCC(=O)N(CC(=O)N2CCC[C@H]2C(=O)OC(C)(C)C)C(=O)CN(C(=O)C(C)C)C(=O)C(F)(F)F)[C@H](OC(C)=O)[C@@H](OC(C)=O)[C@@H]1O[C@@H]1O[C@H](COC(C)=O)[C@@H](OC(C)=O)[C@H](OC(C)=O)[C@H]1OC(C)=O. The summed E-state index contributed by atoms with van der Waals surface area (Å²) in [5, 5.41) is 2.50. The number of esters is 8.